The van der Waals surface area contributed by atoms with Crippen molar-refractivity contribution in [2.45, 2.75) is 19.1 Å². The Morgan fingerprint density at radius 2 is 2.12 bits per heavy atom. The lowest BCUT2D eigenvalue weighted by atomic mass is 10.0. The minimum atomic E-state index is -2.92. The molecule has 1 N–H and O–H groups in total. The van der Waals surface area contributed by atoms with E-state index in [2.05, 4.69) is 26.0 Å². The second-order valence-corrected chi connectivity index (χ2v) is 6.55. The van der Waals surface area contributed by atoms with Gasteiger partial charge in [0.05, 0.1) is 12.6 Å². The molecule has 0 bridgehead atoms. The van der Waals surface area contributed by atoms with Crippen LogP contribution in [0.2, 0.25) is 0 Å². The molecule has 0 saturated carbocycles. The van der Waals surface area contributed by atoms with Crippen LogP contribution >= 0.6 is 15.9 Å². The molecule has 4 nitrogen and oxygen atoms in total. The van der Waals surface area contributed by atoms with Crippen molar-refractivity contribution in [1.29, 1.82) is 0 Å². The van der Waals surface area contributed by atoms with Crippen molar-refractivity contribution in [2.75, 3.05) is 6.61 Å². The lowest BCUT2D eigenvalue weighted by Gasteiger charge is -2.26. The first-order chi connectivity index (χ1) is 12.5. The van der Waals surface area contributed by atoms with Crippen molar-refractivity contribution >= 4 is 27.9 Å². The van der Waals surface area contributed by atoms with Crippen molar-refractivity contribution < 1.29 is 23.0 Å². The number of nitrogens with one attached hydrogen (secondary N) is 1. The minimum Gasteiger partial charge on any atom is -0.493 e. The summed E-state index contributed by atoms with van der Waals surface area (Å²) in [6.45, 7) is -2.41. The average molecular weight is 424 g/mol. The number of alkyl halides is 2. The van der Waals surface area contributed by atoms with Crippen LogP contribution in [0.1, 0.15) is 23.6 Å². The quantitative estimate of drug-likeness (QED) is 0.708. The highest BCUT2D eigenvalue weighted by Gasteiger charge is 2.22. The van der Waals surface area contributed by atoms with Gasteiger partial charge in [-0.1, -0.05) is 34.1 Å². The number of carbonyl (C=O) groups excluding carboxylic acids is 1. The van der Waals surface area contributed by atoms with Crippen LogP contribution in [0.3, 0.4) is 0 Å². The highest BCUT2D eigenvalue weighted by atomic mass is 79.9. The monoisotopic (exact) mass is 423 g/mol. The van der Waals surface area contributed by atoms with Crippen LogP contribution in [0.15, 0.2) is 53.0 Å². The number of hydrogen-bond donors (Lipinski definition) is 1. The second kappa shape index (κ2) is 8.31. The standard InChI is InChI=1S/C19H16BrF2NO3/c20-13-6-7-17-14(11-13)15(9-10-25-17)23-18(24)8-5-12-3-1-2-4-16(12)26-19(21)22/h1-8,11,15,19H,9-10H2,(H,23,24)/b8-5+. The Morgan fingerprint density at radius 1 is 1.31 bits per heavy atom. The molecule has 7 heteroatoms. The Kier molecular flexibility index (Phi) is 5.88. The summed E-state index contributed by atoms with van der Waals surface area (Å²) >= 11 is 3.42. The van der Waals surface area contributed by atoms with Crippen LogP contribution < -0.4 is 14.8 Å². The van der Waals surface area contributed by atoms with Gasteiger partial charge >= 0.3 is 6.61 Å². The molecule has 1 aliphatic rings. The van der Waals surface area contributed by atoms with Crippen LogP contribution in [0.4, 0.5) is 8.78 Å². The Labute approximate surface area is 157 Å². The minimum absolute atomic E-state index is 0.0203. The number of para-hydroxylation sites is 1. The fraction of sp³-hybridized carbons (Fsp3) is 0.211. The third-order valence-electron chi connectivity index (χ3n) is 3.88. The Balaban J connectivity index is 1.71. The molecule has 1 amide bonds. The number of halogens is 3. The van der Waals surface area contributed by atoms with Crippen molar-refractivity contribution in [3.63, 3.8) is 0 Å². The molecule has 1 atom stereocenters. The summed E-state index contributed by atoms with van der Waals surface area (Å²) in [5, 5.41) is 2.92. The van der Waals surface area contributed by atoms with E-state index >= 15 is 0 Å². The van der Waals surface area contributed by atoms with E-state index in [0.29, 0.717) is 18.6 Å². The maximum Gasteiger partial charge on any atom is 0.387 e. The summed E-state index contributed by atoms with van der Waals surface area (Å²) in [4.78, 5) is 12.3. The number of ether oxygens (including phenoxy) is 2. The SMILES string of the molecule is O=C(/C=C/c1ccccc1OC(F)F)NC1CCOc2ccc(Br)cc21. The first-order valence-electron chi connectivity index (χ1n) is 7.97. The van der Waals surface area contributed by atoms with Crippen LogP contribution in [0.5, 0.6) is 11.5 Å². The molecule has 2 aromatic carbocycles. The zero-order valence-corrected chi connectivity index (χ0v) is 15.2. The smallest absolute Gasteiger partial charge is 0.387 e. The summed E-state index contributed by atoms with van der Waals surface area (Å²) in [5.74, 6) is 0.436. The van der Waals surface area contributed by atoms with E-state index in [0.717, 1.165) is 15.8 Å². The van der Waals surface area contributed by atoms with Crippen molar-refractivity contribution in [2.24, 2.45) is 0 Å². The third-order valence-corrected chi connectivity index (χ3v) is 4.37. The number of hydrogen-bond acceptors (Lipinski definition) is 3. The highest BCUT2D eigenvalue weighted by molar-refractivity contribution is 9.10. The molecule has 0 saturated heterocycles. The second-order valence-electron chi connectivity index (χ2n) is 5.63. The molecule has 136 valence electrons. The summed E-state index contributed by atoms with van der Waals surface area (Å²) in [7, 11) is 0. The van der Waals surface area contributed by atoms with Crippen LogP contribution in [0.25, 0.3) is 6.08 Å². The molecular formula is C19H16BrF2NO3. The zero-order valence-electron chi connectivity index (χ0n) is 13.6. The fourth-order valence-electron chi connectivity index (χ4n) is 2.72. The predicted molar refractivity (Wildman–Crippen MR) is 97.2 cm³/mol. The number of benzene rings is 2. The first-order valence-corrected chi connectivity index (χ1v) is 8.77. The molecule has 0 spiro atoms. The Hall–Kier alpha value is -2.41. The van der Waals surface area contributed by atoms with Crippen molar-refractivity contribution in [1.82, 2.24) is 5.32 Å². The lowest BCUT2D eigenvalue weighted by molar-refractivity contribution is -0.117. The molecule has 1 aliphatic heterocycles. The van der Waals surface area contributed by atoms with Crippen LogP contribution in [0, 0.1) is 0 Å². The van der Waals surface area contributed by atoms with Crippen LogP contribution in [-0.4, -0.2) is 19.1 Å². The van der Waals surface area contributed by atoms with E-state index in [1.165, 1.54) is 18.2 Å². The van der Waals surface area contributed by atoms with Gasteiger partial charge in [-0.2, -0.15) is 8.78 Å². The third kappa shape index (κ3) is 4.60. The first kappa shape index (κ1) is 18.4. The molecule has 0 fully saturated rings. The van der Waals surface area contributed by atoms with E-state index in [1.807, 2.05) is 18.2 Å². The normalized spacial score (nSPS) is 16.2. The zero-order chi connectivity index (χ0) is 18.5. The molecule has 0 aromatic heterocycles. The average Bonchev–Trinajstić information content (AvgIpc) is 2.61. The topological polar surface area (TPSA) is 47.6 Å². The van der Waals surface area contributed by atoms with Gasteiger partial charge in [0.25, 0.3) is 0 Å². The van der Waals surface area contributed by atoms with Crippen molar-refractivity contribution in [3.05, 3.63) is 64.1 Å². The van der Waals surface area contributed by atoms with Gasteiger partial charge in [0.1, 0.15) is 11.5 Å². The Bertz CT molecular complexity index is 826. The van der Waals surface area contributed by atoms with Gasteiger partial charge in [-0.3, -0.25) is 4.79 Å². The van der Waals surface area contributed by atoms with Gasteiger partial charge in [0, 0.05) is 28.1 Å². The number of fused-ring (bicyclic) bond motifs is 1. The maximum absolute atomic E-state index is 12.4. The molecule has 0 aliphatic carbocycles. The Morgan fingerprint density at radius 3 is 2.92 bits per heavy atom. The predicted octanol–water partition coefficient (Wildman–Crippen LogP) is 4.70. The summed E-state index contributed by atoms with van der Waals surface area (Å²) in [6.07, 6.45) is 3.41. The van der Waals surface area contributed by atoms with E-state index in [4.69, 9.17) is 4.74 Å². The molecule has 1 unspecified atom stereocenters. The summed E-state index contributed by atoms with van der Waals surface area (Å²) in [6, 6.07) is 11.8. The fourth-order valence-corrected chi connectivity index (χ4v) is 3.10. The van der Waals surface area contributed by atoms with E-state index in [-0.39, 0.29) is 17.7 Å². The molecule has 26 heavy (non-hydrogen) atoms. The van der Waals surface area contributed by atoms with Crippen LogP contribution in [-0.2, 0) is 4.79 Å². The molecule has 2 aromatic rings. The van der Waals surface area contributed by atoms with Gasteiger partial charge in [0.2, 0.25) is 5.91 Å². The van der Waals surface area contributed by atoms with E-state index < -0.39 is 6.61 Å². The van der Waals surface area contributed by atoms with E-state index in [9.17, 15) is 13.6 Å². The lowest BCUT2D eigenvalue weighted by Crippen LogP contribution is -2.31. The highest BCUT2D eigenvalue weighted by Crippen LogP contribution is 2.34. The maximum atomic E-state index is 12.4. The van der Waals surface area contributed by atoms with Gasteiger partial charge in [0.15, 0.2) is 0 Å². The van der Waals surface area contributed by atoms with Gasteiger partial charge in [-0.05, 0) is 30.3 Å². The largest absolute Gasteiger partial charge is 0.493 e. The van der Waals surface area contributed by atoms with Crippen molar-refractivity contribution in [3.8, 4) is 11.5 Å². The molecule has 1 heterocycles. The number of rotatable bonds is 5. The number of amides is 1. The van der Waals surface area contributed by atoms with Gasteiger partial charge < -0.3 is 14.8 Å². The summed E-state index contributed by atoms with van der Waals surface area (Å²) in [5.41, 5.74) is 1.30. The molecule has 3 rings (SSSR count). The molecular weight excluding hydrogens is 408 g/mol. The van der Waals surface area contributed by atoms with Gasteiger partial charge in [-0.25, -0.2) is 0 Å². The number of carbonyl (C=O) groups is 1. The summed E-state index contributed by atoms with van der Waals surface area (Å²) < 4.78 is 35.8. The van der Waals surface area contributed by atoms with Gasteiger partial charge in [-0.15, -0.1) is 0 Å². The molecule has 0 radical (unpaired) electrons. The van der Waals surface area contributed by atoms with E-state index in [1.54, 1.807) is 18.2 Å².